The first-order chi connectivity index (χ1) is 6.95. The van der Waals surface area contributed by atoms with E-state index >= 15 is 0 Å². The van der Waals surface area contributed by atoms with Crippen molar-refractivity contribution in [2.75, 3.05) is 0 Å². The molecule has 2 N–H and O–H groups in total. The van der Waals surface area contributed by atoms with E-state index < -0.39 is 47.2 Å². The molecule has 0 radical (unpaired) electrons. The molecular weight excluding hydrogens is 204 g/mol. The van der Waals surface area contributed by atoms with Gasteiger partial charge in [0.2, 0.25) is 0 Å². The van der Waals surface area contributed by atoms with Crippen LogP contribution in [0.1, 0.15) is 6.42 Å². The molecule has 2 aliphatic rings. The van der Waals surface area contributed by atoms with Gasteiger partial charge in [0.15, 0.2) is 0 Å². The average molecular weight is 212 g/mol. The van der Waals surface area contributed by atoms with Crippen molar-refractivity contribution in [3.05, 3.63) is 0 Å². The first-order valence-corrected chi connectivity index (χ1v) is 4.47. The Morgan fingerprint density at radius 1 is 1.07 bits per heavy atom. The van der Waals surface area contributed by atoms with E-state index in [9.17, 15) is 19.2 Å². The second-order valence-electron chi connectivity index (χ2n) is 3.89. The first kappa shape index (κ1) is 9.82. The van der Waals surface area contributed by atoms with E-state index in [2.05, 4.69) is 0 Å². The maximum absolute atomic E-state index is 11.5. The van der Waals surface area contributed by atoms with Crippen molar-refractivity contribution < 1.29 is 29.4 Å². The number of carbonyl (C=O) groups excluding carboxylic acids is 2. The fourth-order valence-corrected chi connectivity index (χ4v) is 2.59. The van der Waals surface area contributed by atoms with Gasteiger partial charge >= 0.3 is 11.9 Å². The molecule has 0 aliphatic heterocycles. The second-order valence-corrected chi connectivity index (χ2v) is 3.89. The zero-order valence-electron chi connectivity index (χ0n) is 7.54. The van der Waals surface area contributed by atoms with Crippen molar-refractivity contribution in [1.29, 1.82) is 0 Å². The molecule has 2 aliphatic carbocycles. The van der Waals surface area contributed by atoms with Gasteiger partial charge in [-0.2, -0.15) is 0 Å². The summed E-state index contributed by atoms with van der Waals surface area (Å²) in [5.74, 6) is -8.41. The molecule has 0 aromatic heterocycles. The number of carboxylic acid groups (broad SMARTS) is 2. The monoisotopic (exact) mass is 212 g/mol. The Labute approximate surface area is 83.9 Å². The second kappa shape index (κ2) is 2.88. The van der Waals surface area contributed by atoms with Gasteiger partial charge in [-0.15, -0.1) is 0 Å². The van der Waals surface area contributed by atoms with E-state index in [-0.39, 0.29) is 6.42 Å². The fourth-order valence-electron chi connectivity index (χ4n) is 2.59. The van der Waals surface area contributed by atoms with E-state index in [1.54, 1.807) is 0 Å². The van der Waals surface area contributed by atoms with Crippen LogP contribution in [-0.4, -0.2) is 33.7 Å². The predicted molar refractivity (Wildman–Crippen MR) is 43.9 cm³/mol. The molecule has 0 amide bonds. The van der Waals surface area contributed by atoms with Crippen LogP contribution in [0.2, 0.25) is 0 Å². The Balaban J connectivity index is 2.44. The lowest BCUT2D eigenvalue weighted by atomic mass is 9.79. The molecule has 80 valence electrons. The van der Waals surface area contributed by atoms with Crippen LogP contribution in [0.25, 0.3) is 0 Å². The topological polar surface area (TPSA) is 109 Å². The van der Waals surface area contributed by atoms with Gasteiger partial charge in [-0.25, -0.2) is 0 Å². The number of hydrogen-bond donors (Lipinski definition) is 2. The molecule has 0 unspecified atom stereocenters. The van der Waals surface area contributed by atoms with Crippen LogP contribution in [0, 0.1) is 23.7 Å². The highest BCUT2D eigenvalue weighted by Gasteiger charge is 2.63. The number of carboxylic acids is 2. The van der Waals surface area contributed by atoms with Gasteiger partial charge in [0.1, 0.15) is 11.6 Å². The predicted octanol–water partition coefficient (Wildman–Crippen LogP) is -0.824. The Kier molecular flexibility index (Phi) is 1.89. The van der Waals surface area contributed by atoms with Gasteiger partial charge in [0.05, 0.1) is 17.8 Å². The van der Waals surface area contributed by atoms with Gasteiger partial charge in [-0.3, -0.25) is 19.2 Å². The summed E-state index contributed by atoms with van der Waals surface area (Å²) < 4.78 is 0. The van der Waals surface area contributed by atoms with Crippen molar-refractivity contribution >= 4 is 23.5 Å². The summed E-state index contributed by atoms with van der Waals surface area (Å²) in [5.41, 5.74) is 0. The van der Waals surface area contributed by atoms with E-state index in [0.29, 0.717) is 0 Å². The van der Waals surface area contributed by atoms with Crippen LogP contribution < -0.4 is 0 Å². The van der Waals surface area contributed by atoms with Gasteiger partial charge in [0.25, 0.3) is 0 Å². The van der Waals surface area contributed by atoms with Gasteiger partial charge in [-0.05, 0) is 0 Å². The minimum atomic E-state index is -1.38. The van der Waals surface area contributed by atoms with Crippen LogP contribution >= 0.6 is 0 Å². The lowest BCUT2D eigenvalue weighted by Gasteiger charge is -2.21. The number of carbonyl (C=O) groups is 4. The van der Waals surface area contributed by atoms with Crippen LogP contribution in [0.3, 0.4) is 0 Å². The van der Waals surface area contributed by atoms with Crippen LogP contribution in [0.5, 0.6) is 0 Å². The Morgan fingerprint density at radius 3 is 2.07 bits per heavy atom. The summed E-state index contributed by atoms with van der Waals surface area (Å²) in [6.45, 7) is 0. The number of Topliss-reactive ketones (excluding diaryl/α,β-unsaturated/α-hetero) is 2. The zero-order chi connectivity index (χ0) is 11.3. The van der Waals surface area contributed by atoms with Crippen molar-refractivity contribution in [3.8, 4) is 0 Å². The van der Waals surface area contributed by atoms with Crippen molar-refractivity contribution in [3.63, 3.8) is 0 Å². The number of aliphatic carboxylic acids is 2. The smallest absolute Gasteiger partial charge is 0.308 e. The quantitative estimate of drug-likeness (QED) is 0.578. The zero-order valence-corrected chi connectivity index (χ0v) is 7.54. The highest BCUT2D eigenvalue weighted by atomic mass is 16.4. The fraction of sp³-hybridized carbons (Fsp3) is 0.556. The Morgan fingerprint density at radius 2 is 1.60 bits per heavy atom. The lowest BCUT2D eigenvalue weighted by Crippen LogP contribution is -2.38. The molecule has 2 bridgehead atoms. The van der Waals surface area contributed by atoms with Gasteiger partial charge in [-0.1, -0.05) is 0 Å². The Hall–Kier alpha value is -1.72. The third-order valence-electron chi connectivity index (χ3n) is 3.19. The minimum absolute atomic E-state index is 0.121. The van der Waals surface area contributed by atoms with Crippen molar-refractivity contribution in [1.82, 2.24) is 0 Å². The first-order valence-electron chi connectivity index (χ1n) is 4.47. The van der Waals surface area contributed by atoms with E-state index in [0.717, 1.165) is 0 Å². The number of hydrogen-bond acceptors (Lipinski definition) is 4. The molecule has 0 aromatic rings. The molecule has 0 saturated heterocycles. The number of fused-ring (bicyclic) bond motifs is 2. The van der Waals surface area contributed by atoms with Crippen LogP contribution in [-0.2, 0) is 19.2 Å². The molecule has 2 saturated carbocycles. The number of rotatable bonds is 2. The molecule has 0 spiro atoms. The van der Waals surface area contributed by atoms with E-state index in [1.807, 2.05) is 0 Å². The van der Waals surface area contributed by atoms with Crippen LogP contribution in [0.4, 0.5) is 0 Å². The molecule has 15 heavy (non-hydrogen) atoms. The maximum Gasteiger partial charge on any atom is 0.308 e. The van der Waals surface area contributed by atoms with E-state index in [4.69, 9.17) is 10.2 Å². The highest BCUT2D eigenvalue weighted by molar-refractivity contribution is 6.16. The molecular formula is C9H8O6. The van der Waals surface area contributed by atoms with E-state index in [1.165, 1.54) is 0 Å². The summed E-state index contributed by atoms with van der Waals surface area (Å²) in [7, 11) is 0. The summed E-state index contributed by atoms with van der Waals surface area (Å²) in [4.78, 5) is 44.4. The normalized spacial score (nSPS) is 38.4. The Bertz CT molecular complexity index is 384. The summed E-state index contributed by atoms with van der Waals surface area (Å²) >= 11 is 0. The molecule has 2 fully saturated rings. The SMILES string of the molecule is O=C1C[C@@H]2C(=O)[C@@H]1[C@@H](C(=O)O)[C@H]2C(=O)O. The maximum atomic E-state index is 11.5. The standard InChI is InChI=1S/C9H8O6/c10-3-1-2-4(8(12)13)6(9(14)15)5(3)7(2)11/h2,4-6H,1H2,(H,12,13)(H,14,15)/t2-,4-,5-,6-/m0/s1. The van der Waals surface area contributed by atoms with Crippen molar-refractivity contribution in [2.24, 2.45) is 23.7 Å². The summed E-state index contributed by atoms with van der Waals surface area (Å²) in [6, 6.07) is 0. The molecule has 0 heterocycles. The minimum Gasteiger partial charge on any atom is -0.481 e. The molecule has 4 atom stereocenters. The van der Waals surface area contributed by atoms with Gasteiger partial charge < -0.3 is 10.2 Å². The van der Waals surface area contributed by atoms with Gasteiger partial charge in [0, 0.05) is 12.3 Å². The number of ketones is 2. The van der Waals surface area contributed by atoms with Crippen LogP contribution in [0.15, 0.2) is 0 Å². The molecule has 0 aromatic carbocycles. The average Bonchev–Trinajstić information content (AvgIpc) is 2.54. The lowest BCUT2D eigenvalue weighted by molar-refractivity contribution is -0.158. The molecule has 2 rings (SSSR count). The molecule has 6 heteroatoms. The van der Waals surface area contributed by atoms with Crippen molar-refractivity contribution in [2.45, 2.75) is 6.42 Å². The third kappa shape index (κ3) is 1.10. The third-order valence-corrected chi connectivity index (χ3v) is 3.19. The largest absolute Gasteiger partial charge is 0.481 e. The summed E-state index contributed by atoms with van der Waals surface area (Å²) in [5, 5.41) is 17.7. The highest BCUT2D eigenvalue weighted by Crippen LogP contribution is 2.47. The molecule has 6 nitrogen and oxygen atoms in total. The summed E-state index contributed by atoms with van der Waals surface area (Å²) in [6.07, 6.45) is -0.121.